The molecule has 0 N–H and O–H groups in total. The molecule has 0 aromatic heterocycles. The zero-order valence-electron chi connectivity index (χ0n) is 17.2. The number of carbonyl (C=O) groups excluding carboxylic acids is 1. The first-order valence-corrected chi connectivity index (χ1v) is 10.3. The van der Waals surface area contributed by atoms with Crippen molar-refractivity contribution in [2.24, 2.45) is 5.92 Å². The maximum absolute atomic E-state index is 13.2. The lowest BCUT2D eigenvalue weighted by Gasteiger charge is -2.11. The Balaban J connectivity index is 1.42. The minimum atomic E-state index is -0.0726. The van der Waals surface area contributed by atoms with E-state index >= 15 is 0 Å². The Morgan fingerprint density at radius 1 is 0.900 bits per heavy atom. The standard InChI is InChI=1S/C26H26O4/c1-28-18-30-23-11-5-9-20(16-23)15-22-17-21-10-6-12-24(25(21)26(22)27)29-14-13-19-7-3-2-4-8-19/h2-12,16,22H,13-15,17-18H2,1H3. The summed E-state index contributed by atoms with van der Waals surface area (Å²) in [5.41, 5.74) is 4.14. The Morgan fingerprint density at radius 3 is 2.53 bits per heavy atom. The molecule has 1 atom stereocenters. The van der Waals surface area contributed by atoms with Gasteiger partial charge in [-0.25, -0.2) is 0 Å². The fourth-order valence-electron chi connectivity index (χ4n) is 3.97. The van der Waals surface area contributed by atoms with Gasteiger partial charge in [0.2, 0.25) is 0 Å². The largest absolute Gasteiger partial charge is 0.492 e. The number of ketones is 1. The molecule has 3 aromatic rings. The smallest absolute Gasteiger partial charge is 0.188 e. The van der Waals surface area contributed by atoms with Crippen LogP contribution in [0.3, 0.4) is 0 Å². The van der Waals surface area contributed by atoms with E-state index < -0.39 is 0 Å². The van der Waals surface area contributed by atoms with Gasteiger partial charge in [0.25, 0.3) is 0 Å². The van der Waals surface area contributed by atoms with Crippen LogP contribution in [0.15, 0.2) is 72.8 Å². The summed E-state index contributed by atoms with van der Waals surface area (Å²) in [6.45, 7) is 0.762. The van der Waals surface area contributed by atoms with Crippen molar-refractivity contribution in [3.8, 4) is 11.5 Å². The lowest BCUT2D eigenvalue weighted by atomic mass is 9.95. The summed E-state index contributed by atoms with van der Waals surface area (Å²) in [6.07, 6.45) is 2.24. The minimum Gasteiger partial charge on any atom is -0.492 e. The van der Waals surface area contributed by atoms with Gasteiger partial charge < -0.3 is 14.2 Å². The van der Waals surface area contributed by atoms with Gasteiger partial charge in [0, 0.05) is 19.4 Å². The van der Waals surface area contributed by atoms with Crippen LogP contribution >= 0.6 is 0 Å². The van der Waals surface area contributed by atoms with E-state index in [2.05, 4.69) is 12.1 Å². The highest BCUT2D eigenvalue weighted by molar-refractivity contribution is 6.04. The summed E-state index contributed by atoms with van der Waals surface area (Å²) in [4.78, 5) is 13.2. The van der Waals surface area contributed by atoms with Crippen molar-refractivity contribution >= 4 is 5.78 Å². The minimum absolute atomic E-state index is 0.0726. The van der Waals surface area contributed by atoms with Crippen molar-refractivity contribution in [1.29, 1.82) is 0 Å². The highest BCUT2D eigenvalue weighted by Crippen LogP contribution is 2.35. The van der Waals surface area contributed by atoms with Gasteiger partial charge in [0.1, 0.15) is 11.5 Å². The highest BCUT2D eigenvalue weighted by Gasteiger charge is 2.33. The number of hydrogen-bond acceptors (Lipinski definition) is 4. The number of rotatable bonds is 9. The second kappa shape index (κ2) is 9.59. The predicted octanol–water partition coefficient (Wildman–Crippen LogP) is 4.89. The molecule has 0 fully saturated rings. The average Bonchev–Trinajstić information content (AvgIpc) is 3.09. The lowest BCUT2D eigenvalue weighted by Crippen LogP contribution is -2.13. The number of carbonyl (C=O) groups is 1. The van der Waals surface area contributed by atoms with E-state index in [-0.39, 0.29) is 18.5 Å². The van der Waals surface area contributed by atoms with Crippen LogP contribution in [-0.2, 0) is 24.0 Å². The number of fused-ring (bicyclic) bond motifs is 1. The summed E-state index contributed by atoms with van der Waals surface area (Å²) in [5, 5.41) is 0. The molecule has 0 radical (unpaired) electrons. The Bertz CT molecular complexity index is 997. The molecule has 1 aliphatic rings. The van der Waals surface area contributed by atoms with Crippen LogP contribution < -0.4 is 9.47 Å². The number of Topliss-reactive ketones (excluding diaryl/α,β-unsaturated/α-hetero) is 1. The molecule has 0 saturated carbocycles. The molecule has 0 bridgehead atoms. The Hall–Kier alpha value is -3.11. The Labute approximate surface area is 177 Å². The molecule has 4 nitrogen and oxygen atoms in total. The van der Waals surface area contributed by atoms with Crippen molar-refractivity contribution in [2.45, 2.75) is 19.3 Å². The third-order valence-corrected chi connectivity index (χ3v) is 5.41. The van der Waals surface area contributed by atoms with Crippen LogP contribution in [0, 0.1) is 5.92 Å². The summed E-state index contributed by atoms with van der Waals surface area (Å²) in [6, 6.07) is 24.0. The fraction of sp³-hybridized carbons (Fsp3) is 0.269. The van der Waals surface area contributed by atoms with Crippen LogP contribution in [0.5, 0.6) is 11.5 Å². The van der Waals surface area contributed by atoms with Gasteiger partial charge in [-0.1, -0.05) is 54.6 Å². The number of hydrogen-bond donors (Lipinski definition) is 0. The van der Waals surface area contributed by atoms with Crippen LogP contribution in [0.4, 0.5) is 0 Å². The van der Waals surface area contributed by atoms with Gasteiger partial charge in [-0.15, -0.1) is 0 Å². The quantitative estimate of drug-likeness (QED) is 0.478. The first-order chi connectivity index (χ1) is 14.7. The van der Waals surface area contributed by atoms with Crippen molar-refractivity contribution < 1.29 is 19.0 Å². The molecule has 154 valence electrons. The molecule has 0 spiro atoms. The van der Waals surface area contributed by atoms with Crippen LogP contribution in [0.1, 0.15) is 27.0 Å². The maximum Gasteiger partial charge on any atom is 0.188 e. The van der Waals surface area contributed by atoms with Crippen LogP contribution in [0.2, 0.25) is 0 Å². The second-order valence-corrected chi connectivity index (χ2v) is 7.54. The summed E-state index contributed by atoms with van der Waals surface area (Å²) in [5.74, 6) is 1.55. The molecule has 30 heavy (non-hydrogen) atoms. The van der Waals surface area contributed by atoms with E-state index in [1.807, 2.05) is 60.7 Å². The molecule has 0 amide bonds. The normalized spacial score (nSPS) is 15.1. The molecule has 1 aliphatic carbocycles. The highest BCUT2D eigenvalue weighted by atomic mass is 16.7. The number of methoxy groups -OCH3 is 1. The number of ether oxygens (including phenoxy) is 3. The summed E-state index contributed by atoms with van der Waals surface area (Å²) in [7, 11) is 1.60. The molecule has 4 heteroatoms. The van der Waals surface area contributed by atoms with E-state index in [0.29, 0.717) is 18.8 Å². The first kappa shape index (κ1) is 20.2. The molecular weight excluding hydrogens is 376 g/mol. The first-order valence-electron chi connectivity index (χ1n) is 10.3. The molecule has 0 saturated heterocycles. The Morgan fingerprint density at radius 2 is 1.70 bits per heavy atom. The topological polar surface area (TPSA) is 44.8 Å². The van der Waals surface area contributed by atoms with Crippen molar-refractivity contribution in [1.82, 2.24) is 0 Å². The monoisotopic (exact) mass is 402 g/mol. The third-order valence-electron chi connectivity index (χ3n) is 5.41. The lowest BCUT2D eigenvalue weighted by molar-refractivity contribution is 0.0510. The van der Waals surface area contributed by atoms with E-state index in [0.717, 1.165) is 35.3 Å². The van der Waals surface area contributed by atoms with Gasteiger partial charge in [-0.2, -0.15) is 0 Å². The SMILES string of the molecule is COCOc1cccc(CC2Cc3cccc(OCCc4ccccc4)c3C2=O)c1. The van der Waals surface area contributed by atoms with Gasteiger partial charge in [-0.3, -0.25) is 4.79 Å². The average molecular weight is 402 g/mol. The van der Waals surface area contributed by atoms with E-state index in [4.69, 9.17) is 14.2 Å². The van der Waals surface area contributed by atoms with Crippen LogP contribution in [0.25, 0.3) is 0 Å². The van der Waals surface area contributed by atoms with E-state index in [1.54, 1.807) is 7.11 Å². The summed E-state index contributed by atoms with van der Waals surface area (Å²) >= 11 is 0. The Kier molecular flexibility index (Phi) is 6.45. The maximum atomic E-state index is 13.2. The van der Waals surface area contributed by atoms with Gasteiger partial charge in [0.05, 0.1) is 12.2 Å². The summed E-state index contributed by atoms with van der Waals surface area (Å²) < 4.78 is 16.5. The second-order valence-electron chi connectivity index (χ2n) is 7.54. The van der Waals surface area contributed by atoms with E-state index in [9.17, 15) is 4.79 Å². The van der Waals surface area contributed by atoms with Crippen LogP contribution in [-0.4, -0.2) is 26.3 Å². The number of benzene rings is 3. The van der Waals surface area contributed by atoms with E-state index in [1.165, 1.54) is 5.56 Å². The molecular formula is C26H26O4. The van der Waals surface area contributed by atoms with Crippen molar-refractivity contribution in [2.75, 3.05) is 20.5 Å². The fourth-order valence-corrected chi connectivity index (χ4v) is 3.97. The molecule has 3 aromatic carbocycles. The zero-order chi connectivity index (χ0) is 20.8. The molecule has 1 unspecified atom stereocenters. The molecule has 0 aliphatic heterocycles. The molecule has 0 heterocycles. The zero-order valence-corrected chi connectivity index (χ0v) is 17.2. The van der Waals surface area contributed by atoms with Crippen molar-refractivity contribution in [3.05, 3.63) is 95.1 Å². The molecule has 4 rings (SSSR count). The van der Waals surface area contributed by atoms with Gasteiger partial charge >= 0.3 is 0 Å². The third kappa shape index (κ3) is 4.71. The predicted molar refractivity (Wildman–Crippen MR) is 116 cm³/mol. The van der Waals surface area contributed by atoms with Gasteiger partial charge in [-0.05, 0) is 47.7 Å². The van der Waals surface area contributed by atoms with Gasteiger partial charge in [0.15, 0.2) is 12.6 Å². The van der Waals surface area contributed by atoms with Crippen molar-refractivity contribution in [3.63, 3.8) is 0 Å².